The first-order valence-corrected chi connectivity index (χ1v) is 9.40. The topological polar surface area (TPSA) is 90.7 Å². The van der Waals surface area contributed by atoms with Crippen LogP contribution in [0.3, 0.4) is 0 Å². The van der Waals surface area contributed by atoms with Crippen LogP contribution in [-0.4, -0.2) is 45.1 Å². The second-order valence-corrected chi connectivity index (χ2v) is 7.02. The summed E-state index contributed by atoms with van der Waals surface area (Å²) in [5, 5.41) is 19.0. The van der Waals surface area contributed by atoms with Crippen LogP contribution in [0.1, 0.15) is 41.1 Å². The maximum absolute atomic E-state index is 12.8. The van der Waals surface area contributed by atoms with Crippen molar-refractivity contribution in [3.05, 3.63) is 72.1 Å². The van der Waals surface area contributed by atoms with Crippen molar-refractivity contribution in [2.45, 2.75) is 25.2 Å². The highest BCUT2D eigenvalue weighted by molar-refractivity contribution is 5.94. The number of para-hydroxylation sites is 1. The minimum atomic E-state index is -0.814. The zero-order valence-corrected chi connectivity index (χ0v) is 15.6. The number of aromatic hydroxyl groups is 1. The van der Waals surface area contributed by atoms with Crippen molar-refractivity contribution in [2.75, 3.05) is 13.1 Å². The lowest BCUT2D eigenvalue weighted by atomic mass is 9.86. The average Bonchev–Trinajstić information content (AvgIpc) is 3.12. The molecular formula is C22H24N2O4. The molecule has 146 valence electrons. The number of aliphatic carboxylic acids is 1. The number of allylic oxidation sites excluding steroid dienone is 2. The summed E-state index contributed by atoms with van der Waals surface area (Å²) in [6.45, 7) is 1.11. The quantitative estimate of drug-likeness (QED) is 0.718. The van der Waals surface area contributed by atoms with E-state index in [9.17, 15) is 14.7 Å². The largest absolute Gasteiger partial charge is 0.508 e. The minimum Gasteiger partial charge on any atom is -0.508 e. The van der Waals surface area contributed by atoms with Crippen LogP contribution in [0.4, 0.5) is 0 Å². The molecule has 0 saturated carbocycles. The van der Waals surface area contributed by atoms with Crippen LogP contribution < -0.4 is 0 Å². The van der Waals surface area contributed by atoms with Gasteiger partial charge < -0.3 is 15.1 Å². The van der Waals surface area contributed by atoms with Crippen molar-refractivity contribution < 1.29 is 19.8 Å². The molecule has 0 radical (unpaired) electrons. The van der Waals surface area contributed by atoms with Crippen LogP contribution in [0.2, 0.25) is 0 Å². The molecule has 1 amide bonds. The van der Waals surface area contributed by atoms with E-state index < -0.39 is 5.97 Å². The second kappa shape index (κ2) is 9.17. The fourth-order valence-corrected chi connectivity index (χ4v) is 3.70. The molecule has 2 heterocycles. The molecule has 1 aliphatic rings. The van der Waals surface area contributed by atoms with Crippen molar-refractivity contribution in [3.8, 4) is 5.75 Å². The van der Waals surface area contributed by atoms with Crippen LogP contribution in [0.25, 0.3) is 0 Å². The molecule has 1 saturated heterocycles. The molecule has 0 spiro atoms. The predicted molar refractivity (Wildman–Crippen MR) is 105 cm³/mol. The Balaban J connectivity index is 1.75. The molecule has 6 nitrogen and oxygen atoms in total. The molecule has 0 bridgehead atoms. The van der Waals surface area contributed by atoms with E-state index in [1.54, 1.807) is 36.7 Å². The zero-order chi connectivity index (χ0) is 19.9. The lowest BCUT2D eigenvalue weighted by Crippen LogP contribution is -2.29. The number of nitrogens with zero attached hydrogens (tertiary/aromatic N) is 2. The Morgan fingerprint density at radius 3 is 2.68 bits per heavy atom. The van der Waals surface area contributed by atoms with Gasteiger partial charge in [-0.05, 0) is 42.5 Å². The van der Waals surface area contributed by atoms with Crippen LogP contribution >= 0.6 is 0 Å². The third kappa shape index (κ3) is 4.76. The number of carbonyl (C=O) groups is 2. The number of rotatable bonds is 7. The van der Waals surface area contributed by atoms with Gasteiger partial charge in [-0.1, -0.05) is 30.4 Å². The summed E-state index contributed by atoms with van der Waals surface area (Å²) in [6.07, 6.45) is 8.37. The molecule has 2 unspecified atom stereocenters. The van der Waals surface area contributed by atoms with Gasteiger partial charge >= 0.3 is 5.97 Å². The van der Waals surface area contributed by atoms with Gasteiger partial charge in [0.25, 0.3) is 5.91 Å². The molecule has 2 N–H and O–H groups in total. The molecular weight excluding hydrogens is 356 g/mol. The summed E-state index contributed by atoms with van der Waals surface area (Å²) in [7, 11) is 0. The Hall–Kier alpha value is -3.15. The van der Waals surface area contributed by atoms with Crippen molar-refractivity contribution >= 4 is 11.9 Å². The molecule has 1 aromatic carbocycles. The van der Waals surface area contributed by atoms with Gasteiger partial charge in [0, 0.05) is 37.8 Å². The monoisotopic (exact) mass is 380 g/mol. The number of likely N-dealkylation sites (tertiary alicyclic amines) is 1. The first-order chi connectivity index (χ1) is 13.6. The number of carboxylic acids is 1. The van der Waals surface area contributed by atoms with Gasteiger partial charge in [0.05, 0.1) is 5.56 Å². The molecule has 6 heteroatoms. The molecule has 1 aromatic heterocycles. The highest BCUT2D eigenvalue weighted by Crippen LogP contribution is 2.39. The molecule has 28 heavy (non-hydrogen) atoms. The van der Waals surface area contributed by atoms with Crippen LogP contribution in [-0.2, 0) is 4.79 Å². The zero-order valence-electron chi connectivity index (χ0n) is 15.6. The highest BCUT2D eigenvalue weighted by atomic mass is 16.4. The molecule has 0 aliphatic carbocycles. The van der Waals surface area contributed by atoms with E-state index in [0.29, 0.717) is 25.1 Å². The summed E-state index contributed by atoms with van der Waals surface area (Å²) in [6, 6.07) is 10.7. The fraction of sp³-hybridized carbons (Fsp3) is 0.318. The number of carbonyl (C=O) groups excluding carboxylic acids is 1. The van der Waals surface area contributed by atoms with E-state index in [4.69, 9.17) is 5.11 Å². The van der Waals surface area contributed by atoms with Gasteiger partial charge in [-0.25, -0.2) is 0 Å². The number of hydrogen-bond acceptors (Lipinski definition) is 4. The van der Waals surface area contributed by atoms with E-state index in [0.717, 1.165) is 12.0 Å². The summed E-state index contributed by atoms with van der Waals surface area (Å²) in [5.41, 5.74) is 1.39. The summed E-state index contributed by atoms with van der Waals surface area (Å²) < 4.78 is 0. The van der Waals surface area contributed by atoms with Gasteiger partial charge in [-0.2, -0.15) is 0 Å². The third-order valence-electron chi connectivity index (χ3n) is 5.10. The number of benzene rings is 1. The summed E-state index contributed by atoms with van der Waals surface area (Å²) >= 11 is 0. The SMILES string of the molecule is O=C(O)CC/C=C\CC1CN(C(=O)c2cccnc2)CC1c1ccccc1O. The first-order valence-electron chi connectivity index (χ1n) is 9.40. The van der Waals surface area contributed by atoms with Gasteiger partial charge in [0.1, 0.15) is 5.75 Å². The maximum Gasteiger partial charge on any atom is 0.303 e. The number of phenols is 1. The Kier molecular flexibility index (Phi) is 6.42. The van der Waals surface area contributed by atoms with E-state index in [1.165, 1.54) is 0 Å². The normalized spacial score (nSPS) is 19.2. The first kappa shape index (κ1) is 19.6. The van der Waals surface area contributed by atoms with Gasteiger partial charge in [-0.15, -0.1) is 0 Å². The molecule has 2 aromatic rings. The van der Waals surface area contributed by atoms with Crippen LogP contribution in [0.5, 0.6) is 5.75 Å². The smallest absolute Gasteiger partial charge is 0.303 e. The van der Waals surface area contributed by atoms with Gasteiger partial charge in [0.2, 0.25) is 0 Å². The second-order valence-electron chi connectivity index (χ2n) is 7.02. The third-order valence-corrected chi connectivity index (χ3v) is 5.10. The van der Waals surface area contributed by atoms with Crippen LogP contribution in [0, 0.1) is 5.92 Å². The Morgan fingerprint density at radius 1 is 1.14 bits per heavy atom. The number of carboxylic acid groups (broad SMARTS) is 1. The van der Waals surface area contributed by atoms with Gasteiger partial charge in [-0.3, -0.25) is 14.6 Å². The Morgan fingerprint density at radius 2 is 1.96 bits per heavy atom. The number of aromatic nitrogens is 1. The molecule has 1 aliphatic heterocycles. The van der Waals surface area contributed by atoms with E-state index >= 15 is 0 Å². The fourth-order valence-electron chi connectivity index (χ4n) is 3.70. The number of phenolic OH excluding ortho intramolecular Hbond substituents is 1. The lowest BCUT2D eigenvalue weighted by Gasteiger charge is -2.18. The number of hydrogen-bond donors (Lipinski definition) is 2. The molecule has 1 fully saturated rings. The molecule has 2 atom stereocenters. The van der Waals surface area contributed by atoms with Crippen molar-refractivity contribution in [3.63, 3.8) is 0 Å². The summed E-state index contributed by atoms with van der Waals surface area (Å²) in [4.78, 5) is 29.3. The standard InChI is InChI=1S/C22H24N2O4/c25-20-10-5-4-9-18(20)19-15-24(22(28)16-8-6-12-23-13-16)14-17(19)7-2-1-3-11-21(26)27/h1-2,4-6,8-10,12-13,17,19,25H,3,7,11,14-15H2,(H,26,27)/b2-1-. The maximum atomic E-state index is 12.8. The summed E-state index contributed by atoms with van der Waals surface area (Å²) in [5.74, 6) is -0.472. The highest BCUT2D eigenvalue weighted by Gasteiger charge is 2.36. The minimum absolute atomic E-state index is 0.0194. The lowest BCUT2D eigenvalue weighted by molar-refractivity contribution is -0.136. The van der Waals surface area contributed by atoms with E-state index in [1.807, 2.05) is 29.2 Å². The van der Waals surface area contributed by atoms with E-state index in [2.05, 4.69) is 4.98 Å². The van der Waals surface area contributed by atoms with Crippen molar-refractivity contribution in [2.24, 2.45) is 5.92 Å². The van der Waals surface area contributed by atoms with Crippen molar-refractivity contribution in [1.29, 1.82) is 0 Å². The van der Waals surface area contributed by atoms with Crippen molar-refractivity contribution in [1.82, 2.24) is 9.88 Å². The predicted octanol–water partition coefficient (Wildman–Crippen LogP) is 3.45. The molecule has 3 rings (SSSR count). The average molecular weight is 380 g/mol. The van der Waals surface area contributed by atoms with E-state index in [-0.39, 0.29) is 29.9 Å². The number of amides is 1. The Bertz CT molecular complexity index is 851. The Labute approximate surface area is 164 Å². The van der Waals surface area contributed by atoms with Crippen LogP contribution in [0.15, 0.2) is 60.9 Å². The number of pyridine rings is 1. The van der Waals surface area contributed by atoms with Gasteiger partial charge in [0.15, 0.2) is 0 Å².